The van der Waals surface area contributed by atoms with Crippen molar-refractivity contribution in [3.8, 4) is 0 Å². The number of hydrogen-bond donors (Lipinski definition) is 1. The average Bonchev–Trinajstić information content (AvgIpc) is 2.31. The van der Waals surface area contributed by atoms with Gasteiger partial charge < -0.3 is 5.32 Å². The number of likely N-dealkylation sites (N-methyl/N-ethyl adjacent to an activating group) is 1. The van der Waals surface area contributed by atoms with Gasteiger partial charge in [-0.05, 0) is 52.3 Å². The van der Waals surface area contributed by atoms with E-state index in [1.54, 1.807) is 0 Å². The van der Waals surface area contributed by atoms with E-state index in [0.29, 0.717) is 6.04 Å². The van der Waals surface area contributed by atoms with Crippen molar-refractivity contribution < 1.29 is 0 Å². The maximum Gasteiger partial charge on any atom is 0.0236 e. The molecule has 0 saturated heterocycles. The quantitative estimate of drug-likeness (QED) is 0.843. The van der Waals surface area contributed by atoms with E-state index in [2.05, 4.69) is 76.1 Å². The Morgan fingerprint density at radius 2 is 1.84 bits per heavy atom. The lowest BCUT2D eigenvalue weighted by atomic mass is 10.1. The lowest BCUT2D eigenvalue weighted by Crippen LogP contribution is -2.46. The Kier molecular flexibility index (Phi) is 6.02. The zero-order valence-electron chi connectivity index (χ0n) is 13.5. The Balaban J connectivity index is 2.59. The van der Waals surface area contributed by atoms with E-state index < -0.39 is 0 Å². The van der Waals surface area contributed by atoms with Crippen LogP contribution in [0.2, 0.25) is 0 Å². The van der Waals surface area contributed by atoms with Gasteiger partial charge in [0.2, 0.25) is 0 Å². The molecule has 0 aliphatic rings. The first-order valence-corrected chi connectivity index (χ1v) is 7.33. The van der Waals surface area contributed by atoms with Crippen LogP contribution in [-0.4, -0.2) is 30.1 Å². The summed E-state index contributed by atoms with van der Waals surface area (Å²) in [4.78, 5) is 2.46. The molecule has 1 N–H and O–H groups in total. The van der Waals surface area contributed by atoms with Crippen molar-refractivity contribution in [2.24, 2.45) is 0 Å². The van der Waals surface area contributed by atoms with Gasteiger partial charge in [-0.2, -0.15) is 0 Å². The topological polar surface area (TPSA) is 15.3 Å². The van der Waals surface area contributed by atoms with Gasteiger partial charge in [-0.1, -0.05) is 31.2 Å². The zero-order chi connectivity index (χ0) is 14.5. The Bertz CT molecular complexity index is 379. The summed E-state index contributed by atoms with van der Waals surface area (Å²) in [6, 6.07) is 9.24. The molecule has 0 radical (unpaired) electrons. The SMILES string of the molecule is CCC(CNC(C)(C)C)N(C)Cc1ccccc1C. The molecule has 1 atom stereocenters. The van der Waals surface area contributed by atoms with Gasteiger partial charge in [0.15, 0.2) is 0 Å². The van der Waals surface area contributed by atoms with Crippen molar-refractivity contribution in [1.82, 2.24) is 10.2 Å². The van der Waals surface area contributed by atoms with E-state index in [1.807, 2.05) is 0 Å². The van der Waals surface area contributed by atoms with E-state index in [-0.39, 0.29) is 5.54 Å². The van der Waals surface area contributed by atoms with Crippen LogP contribution in [-0.2, 0) is 6.54 Å². The van der Waals surface area contributed by atoms with E-state index in [1.165, 1.54) is 17.5 Å². The zero-order valence-corrected chi connectivity index (χ0v) is 13.5. The largest absolute Gasteiger partial charge is 0.311 e. The molecule has 2 nitrogen and oxygen atoms in total. The summed E-state index contributed by atoms with van der Waals surface area (Å²) in [6.45, 7) is 13.2. The van der Waals surface area contributed by atoms with Crippen molar-refractivity contribution in [3.63, 3.8) is 0 Å². The van der Waals surface area contributed by atoms with E-state index in [0.717, 1.165) is 13.1 Å². The highest BCUT2D eigenvalue weighted by molar-refractivity contribution is 5.25. The molecule has 19 heavy (non-hydrogen) atoms. The minimum atomic E-state index is 0.191. The summed E-state index contributed by atoms with van der Waals surface area (Å²) < 4.78 is 0. The predicted molar refractivity (Wildman–Crippen MR) is 84.5 cm³/mol. The molecule has 1 aromatic carbocycles. The number of aryl methyl sites for hydroxylation is 1. The fourth-order valence-corrected chi connectivity index (χ4v) is 2.22. The van der Waals surface area contributed by atoms with Gasteiger partial charge in [-0.3, -0.25) is 4.90 Å². The maximum absolute atomic E-state index is 3.61. The molecular weight excluding hydrogens is 232 g/mol. The Morgan fingerprint density at radius 3 is 2.37 bits per heavy atom. The second kappa shape index (κ2) is 7.06. The molecule has 108 valence electrons. The molecule has 0 spiro atoms. The van der Waals surface area contributed by atoms with Gasteiger partial charge in [-0.15, -0.1) is 0 Å². The third kappa shape index (κ3) is 5.75. The number of nitrogens with zero attached hydrogens (tertiary/aromatic N) is 1. The first kappa shape index (κ1) is 16.2. The fourth-order valence-electron chi connectivity index (χ4n) is 2.22. The number of hydrogen-bond acceptors (Lipinski definition) is 2. The van der Waals surface area contributed by atoms with Crippen LogP contribution >= 0.6 is 0 Å². The second-order valence-electron chi connectivity index (χ2n) is 6.53. The summed E-state index contributed by atoms with van der Waals surface area (Å²) >= 11 is 0. The van der Waals surface area contributed by atoms with E-state index in [9.17, 15) is 0 Å². The first-order chi connectivity index (χ1) is 8.83. The van der Waals surface area contributed by atoms with Crippen LogP contribution in [0, 0.1) is 6.92 Å². The van der Waals surface area contributed by atoms with Crippen molar-refractivity contribution in [1.29, 1.82) is 0 Å². The minimum absolute atomic E-state index is 0.191. The fraction of sp³-hybridized carbons (Fsp3) is 0.647. The highest BCUT2D eigenvalue weighted by atomic mass is 15.2. The molecule has 0 fully saturated rings. The molecule has 1 rings (SSSR count). The molecule has 1 unspecified atom stereocenters. The lowest BCUT2D eigenvalue weighted by Gasteiger charge is -2.31. The summed E-state index contributed by atoms with van der Waals surface area (Å²) in [5, 5.41) is 3.61. The van der Waals surface area contributed by atoms with E-state index >= 15 is 0 Å². The minimum Gasteiger partial charge on any atom is -0.311 e. The summed E-state index contributed by atoms with van der Waals surface area (Å²) in [5.74, 6) is 0. The molecule has 0 bridgehead atoms. The van der Waals surface area contributed by atoms with E-state index in [4.69, 9.17) is 0 Å². The summed E-state index contributed by atoms with van der Waals surface area (Å²) in [5.41, 5.74) is 3.00. The molecule has 0 aliphatic heterocycles. The normalized spacial score (nSPS) is 13.8. The van der Waals surface area contributed by atoms with Crippen molar-refractivity contribution in [3.05, 3.63) is 35.4 Å². The highest BCUT2D eigenvalue weighted by Crippen LogP contribution is 2.13. The first-order valence-electron chi connectivity index (χ1n) is 7.33. The Hall–Kier alpha value is -0.860. The van der Waals surface area contributed by atoms with Gasteiger partial charge in [0.1, 0.15) is 0 Å². The molecule has 1 aromatic rings. The van der Waals surface area contributed by atoms with Gasteiger partial charge in [-0.25, -0.2) is 0 Å². The maximum atomic E-state index is 3.61. The van der Waals surface area contributed by atoms with Crippen LogP contribution in [0.4, 0.5) is 0 Å². The highest BCUT2D eigenvalue weighted by Gasteiger charge is 2.17. The van der Waals surface area contributed by atoms with Crippen molar-refractivity contribution in [2.45, 2.75) is 59.2 Å². The van der Waals surface area contributed by atoms with Gasteiger partial charge >= 0.3 is 0 Å². The van der Waals surface area contributed by atoms with Crippen LogP contribution in [0.15, 0.2) is 24.3 Å². The average molecular weight is 262 g/mol. The number of rotatable bonds is 6. The number of benzene rings is 1. The molecular formula is C17H30N2. The molecule has 0 saturated carbocycles. The van der Waals surface area contributed by atoms with Gasteiger partial charge in [0.05, 0.1) is 0 Å². The predicted octanol–water partition coefficient (Wildman–Crippen LogP) is 3.59. The molecule has 0 heterocycles. The van der Waals surface area contributed by atoms with Crippen LogP contribution in [0.25, 0.3) is 0 Å². The molecule has 0 amide bonds. The van der Waals surface area contributed by atoms with Gasteiger partial charge in [0.25, 0.3) is 0 Å². The van der Waals surface area contributed by atoms with Crippen LogP contribution in [0.5, 0.6) is 0 Å². The van der Waals surface area contributed by atoms with Crippen LogP contribution in [0.1, 0.15) is 45.2 Å². The van der Waals surface area contributed by atoms with Crippen molar-refractivity contribution >= 4 is 0 Å². The standard InChI is InChI=1S/C17H30N2/c1-7-16(12-18-17(3,4)5)19(6)13-15-11-9-8-10-14(15)2/h8-11,16,18H,7,12-13H2,1-6H3. The number of nitrogens with one attached hydrogen (secondary N) is 1. The lowest BCUT2D eigenvalue weighted by molar-refractivity contribution is 0.208. The monoisotopic (exact) mass is 262 g/mol. The molecule has 0 aliphatic carbocycles. The Morgan fingerprint density at radius 1 is 1.21 bits per heavy atom. The molecule has 2 heteroatoms. The second-order valence-corrected chi connectivity index (χ2v) is 6.53. The smallest absolute Gasteiger partial charge is 0.0236 e. The Labute approximate surface area is 119 Å². The molecule has 0 aromatic heterocycles. The summed E-state index contributed by atoms with van der Waals surface area (Å²) in [6.07, 6.45) is 1.17. The summed E-state index contributed by atoms with van der Waals surface area (Å²) in [7, 11) is 2.23. The van der Waals surface area contributed by atoms with Crippen LogP contribution < -0.4 is 5.32 Å². The third-order valence-electron chi connectivity index (χ3n) is 3.64. The van der Waals surface area contributed by atoms with Crippen LogP contribution in [0.3, 0.4) is 0 Å². The van der Waals surface area contributed by atoms with Crippen molar-refractivity contribution in [2.75, 3.05) is 13.6 Å². The third-order valence-corrected chi connectivity index (χ3v) is 3.64. The van der Waals surface area contributed by atoms with Gasteiger partial charge in [0, 0.05) is 24.7 Å².